The highest BCUT2D eigenvalue weighted by Crippen LogP contribution is 2.34. The van der Waals surface area contributed by atoms with E-state index >= 15 is 0 Å². The molecule has 0 aliphatic carbocycles. The molecular formula is C17H34N2. The van der Waals surface area contributed by atoms with Gasteiger partial charge in [0.05, 0.1) is 0 Å². The molecule has 0 aromatic rings. The number of nitrogens with zero attached hydrogens (tertiary/aromatic N) is 1. The second kappa shape index (κ2) is 7.64. The van der Waals surface area contributed by atoms with E-state index in [4.69, 9.17) is 0 Å². The van der Waals surface area contributed by atoms with Crippen LogP contribution < -0.4 is 5.32 Å². The summed E-state index contributed by atoms with van der Waals surface area (Å²) in [7, 11) is 0. The third-order valence-electron chi connectivity index (χ3n) is 5.61. The van der Waals surface area contributed by atoms with Gasteiger partial charge in [0.15, 0.2) is 0 Å². The minimum absolute atomic E-state index is 0.621. The third-order valence-corrected chi connectivity index (χ3v) is 5.61. The molecule has 2 rings (SSSR count). The Bertz CT molecular complexity index is 246. The van der Waals surface area contributed by atoms with Crippen molar-refractivity contribution in [2.75, 3.05) is 32.7 Å². The molecule has 2 heteroatoms. The highest BCUT2D eigenvalue weighted by Gasteiger charge is 2.32. The quantitative estimate of drug-likeness (QED) is 0.817. The zero-order chi connectivity index (χ0) is 13.6. The van der Waals surface area contributed by atoms with Crippen LogP contribution >= 0.6 is 0 Å². The maximum absolute atomic E-state index is 3.53. The molecule has 19 heavy (non-hydrogen) atoms. The van der Waals surface area contributed by atoms with Gasteiger partial charge < -0.3 is 10.2 Å². The van der Waals surface area contributed by atoms with Gasteiger partial charge >= 0.3 is 0 Å². The molecule has 0 saturated carbocycles. The Morgan fingerprint density at radius 1 is 1.11 bits per heavy atom. The molecule has 0 bridgehead atoms. The second-order valence-electron chi connectivity index (χ2n) is 6.97. The predicted octanol–water partition coefficient (Wildman–Crippen LogP) is 3.67. The number of hydrogen-bond acceptors (Lipinski definition) is 2. The Morgan fingerprint density at radius 3 is 2.58 bits per heavy atom. The van der Waals surface area contributed by atoms with E-state index in [1.165, 1.54) is 84.1 Å². The zero-order valence-corrected chi connectivity index (χ0v) is 13.2. The van der Waals surface area contributed by atoms with E-state index < -0.39 is 0 Å². The second-order valence-corrected chi connectivity index (χ2v) is 6.97. The maximum atomic E-state index is 3.53. The largest absolute Gasteiger partial charge is 0.317 e. The standard InChI is InChI=1S/C17H34N2/c1-3-6-16-7-5-13-19(14-8-16)15-17(4-2)9-11-18-12-10-17/h16,18H,3-15H2,1-2H3. The molecular weight excluding hydrogens is 232 g/mol. The van der Waals surface area contributed by atoms with Crippen LogP contribution in [0.1, 0.15) is 65.2 Å². The van der Waals surface area contributed by atoms with Crippen molar-refractivity contribution in [3.63, 3.8) is 0 Å². The number of nitrogens with one attached hydrogen (secondary N) is 1. The van der Waals surface area contributed by atoms with Crippen molar-refractivity contribution in [3.8, 4) is 0 Å². The first-order valence-corrected chi connectivity index (χ1v) is 8.71. The Morgan fingerprint density at radius 2 is 1.89 bits per heavy atom. The van der Waals surface area contributed by atoms with E-state index in [0.29, 0.717) is 5.41 Å². The van der Waals surface area contributed by atoms with Gasteiger partial charge in [-0.3, -0.25) is 0 Å². The number of hydrogen-bond donors (Lipinski definition) is 1. The Kier molecular flexibility index (Phi) is 6.15. The van der Waals surface area contributed by atoms with Crippen LogP contribution in [0.4, 0.5) is 0 Å². The number of rotatable bonds is 5. The van der Waals surface area contributed by atoms with E-state index in [9.17, 15) is 0 Å². The van der Waals surface area contributed by atoms with Gasteiger partial charge in [-0.1, -0.05) is 26.7 Å². The highest BCUT2D eigenvalue weighted by atomic mass is 15.1. The summed E-state index contributed by atoms with van der Waals surface area (Å²) >= 11 is 0. The van der Waals surface area contributed by atoms with Crippen LogP contribution in [0.5, 0.6) is 0 Å². The van der Waals surface area contributed by atoms with Crippen LogP contribution in [0, 0.1) is 11.3 Å². The molecule has 2 heterocycles. The molecule has 112 valence electrons. The predicted molar refractivity (Wildman–Crippen MR) is 83.5 cm³/mol. The molecule has 1 unspecified atom stereocenters. The molecule has 0 amide bonds. The Balaban J connectivity index is 1.84. The SMILES string of the molecule is CCCC1CCCN(CC2(CC)CCNCC2)CC1. The van der Waals surface area contributed by atoms with E-state index in [1.807, 2.05) is 0 Å². The van der Waals surface area contributed by atoms with Gasteiger partial charge in [0, 0.05) is 6.54 Å². The fourth-order valence-electron chi connectivity index (χ4n) is 4.13. The van der Waals surface area contributed by atoms with Gasteiger partial charge in [-0.2, -0.15) is 0 Å². The summed E-state index contributed by atoms with van der Waals surface area (Å²) in [6.45, 7) is 11.3. The van der Waals surface area contributed by atoms with Crippen LogP contribution in [0.25, 0.3) is 0 Å². The fourth-order valence-corrected chi connectivity index (χ4v) is 4.13. The molecule has 0 aromatic carbocycles. The first-order valence-electron chi connectivity index (χ1n) is 8.71. The van der Waals surface area contributed by atoms with Crippen LogP contribution in [-0.2, 0) is 0 Å². The lowest BCUT2D eigenvalue weighted by Crippen LogP contribution is -2.44. The molecule has 1 N–H and O–H groups in total. The normalized spacial score (nSPS) is 29.1. The van der Waals surface area contributed by atoms with Gasteiger partial charge in [-0.05, 0) is 76.0 Å². The first-order chi connectivity index (χ1) is 9.28. The van der Waals surface area contributed by atoms with Crippen molar-refractivity contribution >= 4 is 0 Å². The molecule has 2 aliphatic rings. The summed E-state index contributed by atoms with van der Waals surface area (Å²) in [6, 6.07) is 0. The summed E-state index contributed by atoms with van der Waals surface area (Å²) in [4.78, 5) is 2.80. The van der Waals surface area contributed by atoms with E-state index in [-0.39, 0.29) is 0 Å². The Labute approximate surface area is 120 Å². The smallest absolute Gasteiger partial charge is 0.00388 e. The van der Waals surface area contributed by atoms with Crippen molar-refractivity contribution in [2.24, 2.45) is 11.3 Å². The van der Waals surface area contributed by atoms with Crippen LogP contribution in [0.3, 0.4) is 0 Å². The fraction of sp³-hybridized carbons (Fsp3) is 1.00. The maximum Gasteiger partial charge on any atom is 0.00388 e. The first kappa shape index (κ1) is 15.3. The van der Waals surface area contributed by atoms with Crippen molar-refractivity contribution in [1.29, 1.82) is 0 Å². The molecule has 2 nitrogen and oxygen atoms in total. The highest BCUT2D eigenvalue weighted by molar-refractivity contribution is 4.87. The van der Waals surface area contributed by atoms with Gasteiger partial charge in [0.2, 0.25) is 0 Å². The average molecular weight is 266 g/mol. The minimum Gasteiger partial charge on any atom is -0.317 e. The van der Waals surface area contributed by atoms with Crippen LogP contribution in [-0.4, -0.2) is 37.6 Å². The van der Waals surface area contributed by atoms with Crippen molar-refractivity contribution in [2.45, 2.75) is 65.2 Å². The van der Waals surface area contributed by atoms with Crippen LogP contribution in [0.2, 0.25) is 0 Å². The molecule has 0 radical (unpaired) electrons. The monoisotopic (exact) mass is 266 g/mol. The average Bonchev–Trinajstić information content (AvgIpc) is 2.66. The Hall–Kier alpha value is -0.0800. The molecule has 2 aliphatic heterocycles. The van der Waals surface area contributed by atoms with Gasteiger partial charge in [0.25, 0.3) is 0 Å². The van der Waals surface area contributed by atoms with Crippen molar-refractivity contribution in [1.82, 2.24) is 10.2 Å². The van der Waals surface area contributed by atoms with Gasteiger partial charge in [0.1, 0.15) is 0 Å². The summed E-state index contributed by atoms with van der Waals surface area (Å²) < 4.78 is 0. The third kappa shape index (κ3) is 4.46. The van der Waals surface area contributed by atoms with Crippen LogP contribution in [0.15, 0.2) is 0 Å². The number of piperidine rings is 1. The lowest BCUT2D eigenvalue weighted by atomic mass is 9.76. The summed E-state index contributed by atoms with van der Waals surface area (Å²) in [5, 5.41) is 3.53. The van der Waals surface area contributed by atoms with Gasteiger partial charge in [-0.25, -0.2) is 0 Å². The topological polar surface area (TPSA) is 15.3 Å². The van der Waals surface area contributed by atoms with E-state index in [0.717, 1.165) is 5.92 Å². The summed E-state index contributed by atoms with van der Waals surface area (Å²) in [5.74, 6) is 1.01. The lowest BCUT2D eigenvalue weighted by molar-refractivity contribution is 0.108. The molecule has 0 spiro atoms. The number of likely N-dealkylation sites (tertiary alicyclic amines) is 1. The van der Waals surface area contributed by atoms with Crippen molar-refractivity contribution < 1.29 is 0 Å². The summed E-state index contributed by atoms with van der Waals surface area (Å²) in [5.41, 5.74) is 0.621. The lowest BCUT2D eigenvalue weighted by Gasteiger charge is -2.40. The summed E-state index contributed by atoms with van der Waals surface area (Å²) in [6.07, 6.45) is 11.3. The van der Waals surface area contributed by atoms with Crippen molar-refractivity contribution in [3.05, 3.63) is 0 Å². The molecule has 2 saturated heterocycles. The van der Waals surface area contributed by atoms with E-state index in [2.05, 4.69) is 24.1 Å². The van der Waals surface area contributed by atoms with E-state index in [1.54, 1.807) is 0 Å². The molecule has 2 fully saturated rings. The molecule has 1 atom stereocenters. The minimum atomic E-state index is 0.621. The zero-order valence-electron chi connectivity index (χ0n) is 13.2. The van der Waals surface area contributed by atoms with Gasteiger partial charge in [-0.15, -0.1) is 0 Å². The molecule has 0 aromatic heterocycles.